The summed E-state index contributed by atoms with van der Waals surface area (Å²) in [6, 6.07) is 3.68. The highest BCUT2D eigenvalue weighted by atomic mass is 16.4. The highest BCUT2D eigenvalue weighted by molar-refractivity contribution is 5.95. The summed E-state index contributed by atoms with van der Waals surface area (Å²) in [5.41, 5.74) is 22.7. The fraction of sp³-hybridized carbons (Fsp3) is 0.400. The first-order chi connectivity index (χ1) is 19.5. The third-order valence-corrected chi connectivity index (χ3v) is 5.85. The van der Waals surface area contributed by atoms with Crippen LogP contribution >= 0.6 is 0 Å². The van der Waals surface area contributed by atoms with Crippen LogP contribution in [0.1, 0.15) is 30.5 Å². The number of rotatable bonds is 17. The maximum Gasteiger partial charge on any atom is 0.326 e. The summed E-state index contributed by atoms with van der Waals surface area (Å²) >= 11 is 0. The van der Waals surface area contributed by atoms with Crippen LogP contribution in [0.15, 0.2) is 47.8 Å². The first-order valence-electron chi connectivity index (χ1n) is 12.7. The van der Waals surface area contributed by atoms with E-state index < -0.39 is 60.2 Å². The fourth-order valence-electron chi connectivity index (χ4n) is 3.78. The second-order valence-corrected chi connectivity index (χ2v) is 9.22. The van der Waals surface area contributed by atoms with E-state index in [9.17, 15) is 29.1 Å². The molecule has 1 heterocycles. The van der Waals surface area contributed by atoms with E-state index >= 15 is 0 Å². The van der Waals surface area contributed by atoms with Gasteiger partial charge < -0.3 is 49.0 Å². The Bertz CT molecular complexity index is 1200. The van der Waals surface area contributed by atoms with Gasteiger partial charge in [0, 0.05) is 31.3 Å². The summed E-state index contributed by atoms with van der Waals surface area (Å²) in [7, 11) is 0. The molecule has 16 heteroatoms. The zero-order valence-corrected chi connectivity index (χ0v) is 22.3. The number of carbonyl (C=O) groups excluding carboxylic acids is 4. The molecule has 0 aliphatic carbocycles. The molecular formula is C25H36N10O6. The zero-order valence-electron chi connectivity index (χ0n) is 22.3. The van der Waals surface area contributed by atoms with E-state index in [1.807, 2.05) is 0 Å². The zero-order chi connectivity index (χ0) is 30.4. The average Bonchev–Trinajstić information content (AvgIpc) is 3.42. The number of carboxylic acids is 1. The fourth-order valence-corrected chi connectivity index (χ4v) is 3.78. The highest BCUT2D eigenvalue weighted by Gasteiger charge is 2.31. The number of nitrogens with two attached hydrogens (primary N) is 4. The summed E-state index contributed by atoms with van der Waals surface area (Å²) in [6.07, 6.45) is 2.63. The first kappa shape index (κ1) is 32.2. The van der Waals surface area contributed by atoms with Crippen molar-refractivity contribution in [3.05, 3.63) is 54.1 Å². The van der Waals surface area contributed by atoms with Gasteiger partial charge in [-0.2, -0.15) is 0 Å². The van der Waals surface area contributed by atoms with E-state index in [1.54, 1.807) is 30.3 Å². The van der Waals surface area contributed by atoms with Crippen LogP contribution in [0.3, 0.4) is 0 Å². The smallest absolute Gasteiger partial charge is 0.326 e. The number of aliphatic carboxylic acids is 1. The van der Waals surface area contributed by atoms with Gasteiger partial charge in [0.1, 0.15) is 18.1 Å². The number of hydrogen-bond donors (Lipinski definition) is 9. The SMILES string of the molecule is NC(=O)CC(N)C(=O)NC(CCCN=C(N)N)C(=O)NC(Cc1cnc[nH]1)C(=O)NC(Cc1ccccc1)C(=O)O. The van der Waals surface area contributed by atoms with Crippen molar-refractivity contribution < 1.29 is 29.1 Å². The van der Waals surface area contributed by atoms with Crippen molar-refractivity contribution in [3.8, 4) is 0 Å². The number of aromatic amines is 1. The third kappa shape index (κ3) is 11.7. The molecule has 4 atom stereocenters. The van der Waals surface area contributed by atoms with Crippen LogP contribution in [-0.2, 0) is 36.8 Å². The Kier molecular flexibility index (Phi) is 12.7. The number of imidazole rings is 1. The molecule has 2 rings (SSSR count). The molecule has 0 radical (unpaired) electrons. The van der Waals surface area contributed by atoms with Gasteiger partial charge in [0.15, 0.2) is 5.96 Å². The molecule has 0 aliphatic heterocycles. The molecule has 0 bridgehead atoms. The summed E-state index contributed by atoms with van der Waals surface area (Å²) in [5, 5.41) is 17.2. The number of aromatic nitrogens is 2. The molecule has 2 aromatic rings. The van der Waals surface area contributed by atoms with Gasteiger partial charge in [-0.05, 0) is 18.4 Å². The van der Waals surface area contributed by atoms with E-state index in [4.69, 9.17) is 22.9 Å². The van der Waals surface area contributed by atoms with Crippen LogP contribution in [0.2, 0.25) is 0 Å². The van der Waals surface area contributed by atoms with Crippen molar-refractivity contribution in [3.63, 3.8) is 0 Å². The Labute approximate surface area is 235 Å². The molecule has 1 aromatic heterocycles. The minimum absolute atomic E-state index is 0.00780. The molecule has 0 spiro atoms. The molecule has 4 amide bonds. The second kappa shape index (κ2) is 16.2. The summed E-state index contributed by atoms with van der Waals surface area (Å²) in [4.78, 5) is 72.9. The Morgan fingerprint density at radius 1 is 0.902 bits per heavy atom. The summed E-state index contributed by atoms with van der Waals surface area (Å²) < 4.78 is 0. The topological polar surface area (TPSA) is 287 Å². The van der Waals surface area contributed by atoms with E-state index in [0.717, 1.165) is 0 Å². The van der Waals surface area contributed by atoms with Crippen molar-refractivity contribution in [1.82, 2.24) is 25.9 Å². The van der Waals surface area contributed by atoms with Crippen molar-refractivity contribution in [2.45, 2.75) is 56.3 Å². The summed E-state index contributed by atoms with van der Waals surface area (Å²) in [6.45, 7) is 0.146. The molecular weight excluding hydrogens is 536 g/mol. The van der Waals surface area contributed by atoms with Gasteiger partial charge >= 0.3 is 5.97 Å². The maximum atomic E-state index is 13.3. The molecule has 0 saturated heterocycles. The predicted molar refractivity (Wildman–Crippen MR) is 148 cm³/mol. The number of primary amides is 1. The normalized spacial score (nSPS) is 13.6. The van der Waals surface area contributed by atoms with Crippen molar-refractivity contribution in [1.29, 1.82) is 0 Å². The van der Waals surface area contributed by atoms with Gasteiger partial charge in [-0.3, -0.25) is 24.2 Å². The first-order valence-corrected chi connectivity index (χ1v) is 12.7. The van der Waals surface area contributed by atoms with Crippen LogP contribution in [0.5, 0.6) is 0 Å². The number of carbonyl (C=O) groups is 5. The monoisotopic (exact) mass is 572 g/mol. The molecule has 16 nitrogen and oxygen atoms in total. The molecule has 4 unspecified atom stereocenters. The van der Waals surface area contributed by atoms with Crippen LogP contribution in [0, 0.1) is 0 Å². The Hall–Kier alpha value is -4.99. The van der Waals surface area contributed by atoms with Gasteiger partial charge in [-0.1, -0.05) is 30.3 Å². The Morgan fingerprint density at radius 3 is 2.12 bits per heavy atom. The number of H-pyrrole nitrogens is 1. The van der Waals surface area contributed by atoms with E-state index in [-0.39, 0.29) is 38.2 Å². The molecule has 41 heavy (non-hydrogen) atoms. The lowest BCUT2D eigenvalue weighted by molar-refractivity contribution is -0.142. The Morgan fingerprint density at radius 2 is 1.54 bits per heavy atom. The average molecular weight is 573 g/mol. The number of carboxylic acid groups (broad SMARTS) is 1. The van der Waals surface area contributed by atoms with E-state index in [1.165, 1.54) is 12.5 Å². The van der Waals surface area contributed by atoms with Gasteiger partial charge in [0.05, 0.1) is 18.8 Å². The standard InChI is InChI=1S/C25H36N10O6/c26-16(11-20(27)36)21(37)33-17(7-4-8-31-25(28)29)22(38)34-18(10-15-12-30-13-32-15)23(39)35-19(24(40)41)9-14-5-2-1-3-6-14/h1-3,5-6,12-13,16-19H,4,7-11,26H2,(H2,27,36)(H,30,32)(H,33,37)(H,34,38)(H,35,39)(H,40,41)(H4,28,29,31). The van der Waals surface area contributed by atoms with Gasteiger partial charge in [-0.15, -0.1) is 0 Å². The van der Waals surface area contributed by atoms with E-state index in [2.05, 4.69) is 30.9 Å². The number of benzene rings is 1. The molecule has 13 N–H and O–H groups in total. The highest BCUT2D eigenvalue weighted by Crippen LogP contribution is 2.07. The lowest BCUT2D eigenvalue weighted by Crippen LogP contribution is -2.58. The Balaban J connectivity index is 2.22. The number of aliphatic imine (C=N–C) groups is 1. The maximum absolute atomic E-state index is 13.3. The number of nitrogens with one attached hydrogen (secondary N) is 4. The predicted octanol–water partition coefficient (Wildman–Crippen LogP) is -3.01. The van der Waals surface area contributed by atoms with E-state index in [0.29, 0.717) is 11.3 Å². The van der Waals surface area contributed by atoms with Crippen molar-refractivity contribution in [2.75, 3.05) is 6.54 Å². The lowest BCUT2D eigenvalue weighted by Gasteiger charge is -2.25. The van der Waals surface area contributed by atoms with Crippen LogP contribution in [-0.4, -0.2) is 81.3 Å². The minimum atomic E-state index is -1.31. The van der Waals surface area contributed by atoms with Gasteiger partial charge in [0.2, 0.25) is 23.6 Å². The number of amides is 4. The third-order valence-electron chi connectivity index (χ3n) is 5.85. The minimum Gasteiger partial charge on any atom is -0.480 e. The summed E-state index contributed by atoms with van der Waals surface area (Å²) in [5.74, 6) is -4.56. The van der Waals surface area contributed by atoms with Crippen LogP contribution < -0.4 is 38.9 Å². The molecule has 0 aliphatic rings. The number of guanidine groups is 1. The number of nitrogens with zero attached hydrogens (tertiary/aromatic N) is 2. The van der Waals surface area contributed by atoms with Crippen LogP contribution in [0.25, 0.3) is 0 Å². The lowest BCUT2D eigenvalue weighted by atomic mass is 10.0. The quantitative estimate of drug-likeness (QED) is 0.0525. The van der Waals surface area contributed by atoms with Crippen molar-refractivity contribution in [2.24, 2.45) is 27.9 Å². The van der Waals surface area contributed by atoms with Gasteiger partial charge in [-0.25, -0.2) is 9.78 Å². The second-order valence-electron chi connectivity index (χ2n) is 9.22. The molecule has 0 saturated carbocycles. The largest absolute Gasteiger partial charge is 0.480 e. The molecule has 1 aromatic carbocycles. The van der Waals surface area contributed by atoms with Crippen molar-refractivity contribution >= 4 is 35.6 Å². The molecule has 0 fully saturated rings. The van der Waals surface area contributed by atoms with Crippen LogP contribution in [0.4, 0.5) is 0 Å². The molecule has 222 valence electrons. The van der Waals surface area contributed by atoms with Gasteiger partial charge in [0.25, 0.3) is 0 Å². The number of hydrogen-bond acceptors (Lipinski definition) is 8.